The highest BCUT2D eigenvalue weighted by atomic mass is 16.4. The number of rotatable bonds is 4. The quantitative estimate of drug-likeness (QED) is 0.915. The SMILES string of the molecule is Cc1ccc(N2CCCC(CCC(=O)O)C2)c(C#N)c1. The van der Waals surface area contributed by atoms with E-state index in [1.165, 1.54) is 0 Å². The molecule has 0 amide bonds. The van der Waals surface area contributed by atoms with E-state index in [1.54, 1.807) is 0 Å². The molecule has 0 bridgehead atoms. The molecule has 1 aromatic carbocycles. The van der Waals surface area contributed by atoms with Crippen molar-refractivity contribution in [3.8, 4) is 6.07 Å². The van der Waals surface area contributed by atoms with E-state index in [0.29, 0.717) is 11.5 Å². The Morgan fingerprint density at radius 1 is 1.55 bits per heavy atom. The highest BCUT2D eigenvalue weighted by Crippen LogP contribution is 2.28. The van der Waals surface area contributed by atoms with Crippen molar-refractivity contribution in [2.45, 2.75) is 32.6 Å². The second-order valence-electron chi connectivity index (χ2n) is 5.52. The molecule has 0 radical (unpaired) electrons. The third-order valence-electron chi connectivity index (χ3n) is 3.90. The molecular weight excluding hydrogens is 252 g/mol. The van der Waals surface area contributed by atoms with E-state index in [2.05, 4.69) is 11.0 Å². The van der Waals surface area contributed by atoms with E-state index in [-0.39, 0.29) is 6.42 Å². The van der Waals surface area contributed by atoms with Crippen molar-refractivity contribution in [3.63, 3.8) is 0 Å². The maximum Gasteiger partial charge on any atom is 0.303 e. The number of piperidine rings is 1. The van der Waals surface area contributed by atoms with Crippen LogP contribution in [0.2, 0.25) is 0 Å². The van der Waals surface area contributed by atoms with E-state index in [4.69, 9.17) is 5.11 Å². The molecule has 1 N–H and O–H groups in total. The molecule has 1 aliphatic rings. The van der Waals surface area contributed by atoms with Gasteiger partial charge in [-0.15, -0.1) is 0 Å². The monoisotopic (exact) mass is 272 g/mol. The lowest BCUT2D eigenvalue weighted by atomic mass is 9.92. The molecule has 0 spiro atoms. The van der Waals surface area contributed by atoms with Crippen LogP contribution in [0.15, 0.2) is 18.2 Å². The van der Waals surface area contributed by atoms with Gasteiger partial charge in [0.25, 0.3) is 0 Å². The van der Waals surface area contributed by atoms with Crippen LogP contribution < -0.4 is 4.90 Å². The number of hydrogen-bond donors (Lipinski definition) is 1. The van der Waals surface area contributed by atoms with Crippen LogP contribution in [0.5, 0.6) is 0 Å². The Morgan fingerprint density at radius 2 is 2.35 bits per heavy atom. The standard InChI is InChI=1S/C16H20N2O2/c1-12-4-6-15(14(9-12)10-17)18-8-2-3-13(11-18)5-7-16(19)20/h4,6,9,13H,2-3,5,7-8,11H2,1H3,(H,19,20). The molecule has 1 fully saturated rings. The molecule has 20 heavy (non-hydrogen) atoms. The number of nitrogens with zero attached hydrogens (tertiary/aromatic N) is 2. The number of carboxylic acids is 1. The van der Waals surface area contributed by atoms with Gasteiger partial charge in [0.1, 0.15) is 6.07 Å². The van der Waals surface area contributed by atoms with Gasteiger partial charge < -0.3 is 10.0 Å². The van der Waals surface area contributed by atoms with E-state index < -0.39 is 5.97 Å². The van der Waals surface area contributed by atoms with E-state index in [1.807, 2.05) is 25.1 Å². The summed E-state index contributed by atoms with van der Waals surface area (Å²) in [5.41, 5.74) is 2.78. The number of anilines is 1. The number of benzene rings is 1. The Kier molecular flexibility index (Phi) is 4.62. The summed E-state index contributed by atoms with van der Waals surface area (Å²) in [6.45, 7) is 3.78. The average Bonchev–Trinajstić information content (AvgIpc) is 2.45. The van der Waals surface area contributed by atoms with Crippen LogP contribution in [0, 0.1) is 24.2 Å². The minimum absolute atomic E-state index is 0.234. The Hall–Kier alpha value is -2.02. The zero-order valence-corrected chi connectivity index (χ0v) is 11.8. The van der Waals surface area contributed by atoms with E-state index >= 15 is 0 Å². The summed E-state index contributed by atoms with van der Waals surface area (Å²) in [6, 6.07) is 8.21. The van der Waals surface area contributed by atoms with Crippen LogP contribution >= 0.6 is 0 Å². The lowest BCUT2D eigenvalue weighted by Gasteiger charge is -2.35. The molecule has 0 aliphatic carbocycles. The first-order chi connectivity index (χ1) is 9.60. The highest BCUT2D eigenvalue weighted by molar-refractivity contribution is 5.66. The molecule has 1 unspecified atom stereocenters. The van der Waals surface area contributed by atoms with Crippen LogP contribution in [-0.2, 0) is 4.79 Å². The predicted octanol–water partition coefficient (Wildman–Crippen LogP) is 2.95. The molecule has 1 atom stereocenters. The van der Waals surface area contributed by atoms with Gasteiger partial charge in [0.15, 0.2) is 0 Å². The summed E-state index contributed by atoms with van der Waals surface area (Å²) in [5, 5.41) is 18.0. The predicted molar refractivity (Wildman–Crippen MR) is 77.7 cm³/mol. The number of carbonyl (C=O) groups is 1. The van der Waals surface area contributed by atoms with Crippen molar-refractivity contribution in [3.05, 3.63) is 29.3 Å². The summed E-state index contributed by atoms with van der Waals surface area (Å²) in [7, 11) is 0. The second kappa shape index (κ2) is 6.42. The third-order valence-corrected chi connectivity index (χ3v) is 3.90. The number of aryl methyl sites for hydroxylation is 1. The Morgan fingerprint density at radius 3 is 3.05 bits per heavy atom. The Bertz CT molecular complexity index is 534. The van der Waals surface area contributed by atoms with Gasteiger partial charge in [-0.05, 0) is 49.8 Å². The lowest BCUT2D eigenvalue weighted by Crippen LogP contribution is -2.36. The summed E-state index contributed by atoms with van der Waals surface area (Å²) in [6.07, 6.45) is 3.09. The van der Waals surface area contributed by atoms with Gasteiger partial charge >= 0.3 is 5.97 Å². The molecule has 2 rings (SSSR count). The largest absolute Gasteiger partial charge is 0.481 e. The maximum atomic E-state index is 10.7. The number of hydrogen-bond acceptors (Lipinski definition) is 3. The van der Waals surface area contributed by atoms with Crippen molar-refractivity contribution in [1.29, 1.82) is 5.26 Å². The highest BCUT2D eigenvalue weighted by Gasteiger charge is 2.22. The van der Waals surface area contributed by atoms with Crippen molar-refractivity contribution in [1.82, 2.24) is 0 Å². The van der Waals surface area contributed by atoms with Gasteiger partial charge in [-0.2, -0.15) is 5.26 Å². The van der Waals surface area contributed by atoms with Gasteiger partial charge in [-0.25, -0.2) is 0 Å². The molecule has 0 saturated carbocycles. The molecule has 1 aromatic rings. The van der Waals surface area contributed by atoms with Crippen molar-refractivity contribution < 1.29 is 9.90 Å². The molecular formula is C16H20N2O2. The van der Waals surface area contributed by atoms with Gasteiger partial charge in [-0.1, -0.05) is 6.07 Å². The lowest BCUT2D eigenvalue weighted by molar-refractivity contribution is -0.137. The first-order valence-corrected chi connectivity index (χ1v) is 7.07. The molecule has 1 aliphatic heterocycles. The van der Waals surface area contributed by atoms with Gasteiger partial charge in [0.2, 0.25) is 0 Å². The molecule has 106 valence electrons. The summed E-state index contributed by atoms with van der Waals surface area (Å²) < 4.78 is 0. The number of nitriles is 1. The summed E-state index contributed by atoms with van der Waals surface area (Å²) in [5.74, 6) is -0.317. The van der Waals surface area contributed by atoms with Crippen molar-refractivity contribution in [2.75, 3.05) is 18.0 Å². The zero-order valence-electron chi connectivity index (χ0n) is 11.8. The van der Waals surface area contributed by atoms with Gasteiger partial charge in [-0.3, -0.25) is 4.79 Å². The number of carboxylic acid groups (broad SMARTS) is 1. The third kappa shape index (κ3) is 3.51. The second-order valence-corrected chi connectivity index (χ2v) is 5.52. The van der Waals surface area contributed by atoms with Crippen LogP contribution in [-0.4, -0.2) is 24.2 Å². The van der Waals surface area contributed by atoms with Crippen molar-refractivity contribution in [2.24, 2.45) is 5.92 Å². The molecule has 1 saturated heterocycles. The summed E-state index contributed by atoms with van der Waals surface area (Å²) in [4.78, 5) is 12.9. The Labute approximate surface area is 119 Å². The van der Waals surface area contributed by atoms with E-state index in [0.717, 1.165) is 43.6 Å². The maximum absolute atomic E-state index is 10.7. The summed E-state index contributed by atoms with van der Waals surface area (Å²) >= 11 is 0. The first kappa shape index (κ1) is 14.4. The fourth-order valence-electron chi connectivity index (χ4n) is 2.86. The molecule has 4 heteroatoms. The zero-order chi connectivity index (χ0) is 14.5. The first-order valence-electron chi connectivity index (χ1n) is 7.07. The van der Waals surface area contributed by atoms with Crippen molar-refractivity contribution >= 4 is 11.7 Å². The van der Waals surface area contributed by atoms with Crippen LogP contribution in [0.3, 0.4) is 0 Å². The van der Waals surface area contributed by atoms with Crippen LogP contribution in [0.25, 0.3) is 0 Å². The molecule has 0 aromatic heterocycles. The Balaban J connectivity index is 2.09. The van der Waals surface area contributed by atoms with Gasteiger partial charge in [0.05, 0.1) is 11.3 Å². The van der Waals surface area contributed by atoms with Crippen LogP contribution in [0.1, 0.15) is 36.8 Å². The minimum atomic E-state index is -0.727. The van der Waals surface area contributed by atoms with Gasteiger partial charge in [0, 0.05) is 19.5 Å². The molecule has 4 nitrogen and oxygen atoms in total. The smallest absolute Gasteiger partial charge is 0.303 e. The fourth-order valence-corrected chi connectivity index (χ4v) is 2.86. The average molecular weight is 272 g/mol. The normalized spacial score (nSPS) is 18.6. The van der Waals surface area contributed by atoms with Crippen LogP contribution in [0.4, 0.5) is 5.69 Å². The van der Waals surface area contributed by atoms with E-state index in [9.17, 15) is 10.1 Å². The minimum Gasteiger partial charge on any atom is -0.481 e. The fraction of sp³-hybridized carbons (Fsp3) is 0.500. The topological polar surface area (TPSA) is 64.3 Å². The molecule has 1 heterocycles. The number of aliphatic carboxylic acids is 1.